The molecule has 0 aliphatic carbocycles. The summed E-state index contributed by atoms with van der Waals surface area (Å²) in [6.45, 7) is 8.94. The molecule has 0 fully saturated rings. The zero-order valence-corrected chi connectivity index (χ0v) is 11.7. The summed E-state index contributed by atoms with van der Waals surface area (Å²) in [6.07, 6.45) is 2.36. The molecular formula is C14H24N2O2. The second-order valence-corrected chi connectivity index (χ2v) is 5.16. The lowest BCUT2D eigenvalue weighted by Crippen LogP contribution is -2.31. The molecule has 1 atom stereocenters. The van der Waals surface area contributed by atoms with Gasteiger partial charge in [0, 0.05) is 12.6 Å². The molecule has 0 saturated heterocycles. The Hall–Kier alpha value is -1.13. The second-order valence-electron chi connectivity index (χ2n) is 5.16. The molecule has 4 nitrogen and oxygen atoms in total. The van der Waals surface area contributed by atoms with Gasteiger partial charge in [0.05, 0.1) is 17.5 Å². The van der Waals surface area contributed by atoms with Gasteiger partial charge >= 0.3 is 0 Å². The number of hydrogen-bond acceptors (Lipinski definition) is 4. The van der Waals surface area contributed by atoms with Gasteiger partial charge in [-0.3, -0.25) is 4.98 Å². The molecule has 18 heavy (non-hydrogen) atoms. The number of aromatic nitrogens is 1. The van der Waals surface area contributed by atoms with E-state index in [0.717, 1.165) is 12.2 Å². The van der Waals surface area contributed by atoms with Gasteiger partial charge in [-0.05, 0) is 25.5 Å². The monoisotopic (exact) mass is 252 g/mol. The van der Waals surface area contributed by atoms with Crippen molar-refractivity contribution in [3.63, 3.8) is 0 Å². The summed E-state index contributed by atoms with van der Waals surface area (Å²) < 4.78 is 5.51. The molecule has 1 heterocycles. The minimum atomic E-state index is -0.780. The van der Waals surface area contributed by atoms with Gasteiger partial charge in [-0.25, -0.2) is 0 Å². The van der Waals surface area contributed by atoms with Crippen molar-refractivity contribution in [2.24, 2.45) is 0 Å². The highest BCUT2D eigenvalue weighted by atomic mass is 16.5. The van der Waals surface area contributed by atoms with E-state index in [1.165, 1.54) is 0 Å². The lowest BCUT2D eigenvalue weighted by molar-refractivity contribution is 0.00835. The standard InChI is InChI=1S/C14H24N2O2/c1-5-14(4,17)10-18-13-7-6-12(16-9-13)8-15-11(2)3/h6-7,9,11,15,17H,5,8,10H2,1-4H3. The van der Waals surface area contributed by atoms with Crippen LogP contribution in [0.5, 0.6) is 5.75 Å². The first kappa shape index (κ1) is 14.9. The number of nitrogens with zero attached hydrogens (tertiary/aromatic N) is 1. The van der Waals surface area contributed by atoms with E-state index >= 15 is 0 Å². The Kier molecular flexibility index (Phi) is 5.56. The van der Waals surface area contributed by atoms with Gasteiger partial charge in [-0.1, -0.05) is 20.8 Å². The highest BCUT2D eigenvalue weighted by molar-refractivity contribution is 5.20. The minimum Gasteiger partial charge on any atom is -0.489 e. The third kappa shape index (κ3) is 5.47. The lowest BCUT2D eigenvalue weighted by atomic mass is 10.1. The number of rotatable bonds is 7. The largest absolute Gasteiger partial charge is 0.489 e. The summed E-state index contributed by atoms with van der Waals surface area (Å²) in [5, 5.41) is 13.1. The van der Waals surface area contributed by atoms with E-state index in [1.807, 2.05) is 19.1 Å². The fourth-order valence-electron chi connectivity index (χ4n) is 1.25. The van der Waals surface area contributed by atoms with Crippen LogP contribution in [0.2, 0.25) is 0 Å². The average Bonchev–Trinajstić information content (AvgIpc) is 2.35. The lowest BCUT2D eigenvalue weighted by Gasteiger charge is -2.21. The number of pyridine rings is 1. The van der Waals surface area contributed by atoms with Gasteiger partial charge in [0.2, 0.25) is 0 Å². The molecule has 0 aliphatic heterocycles. The van der Waals surface area contributed by atoms with E-state index in [-0.39, 0.29) is 6.61 Å². The number of ether oxygens (including phenoxy) is 1. The van der Waals surface area contributed by atoms with E-state index in [4.69, 9.17) is 4.74 Å². The summed E-state index contributed by atoms with van der Waals surface area (Å²) >= 11 is 0. The predicted octanol–water partition coefficient (Wildman–Crippen LogP) is 2.12. The van der Waals surface area contributed by atoms with Crippen molar-refractivity contribution in [1.82, 2.24) is 10.3 Å². The van der Waals surface area contributed by atoms with Gasteiger partial charge in [0.15, 0.2) is 0 Å². The van der Waals surface area contributed by atoms with E-state index in [1.54, 1.807) is 13.1 Å². The van der Waals surface area contributed by atoms with Crippen molar-refractivity contribution < 1.29 is 9.84 Å². The molecule has 1 aromatic heterocycles. The molecule has 1 rings (SSSR count). The Morgan fingerprint density at radius 3 is 2.67 bits per heavy atom. The van der Waals surface area contributed by atoms with Crippen LogP contribution < -0.4 is 10.1 Å². The topological polar surface area (TPSA) is 54.4 Å². The van der Waals surface area contributed by atoms with Crippen LogP contribution in [0.25, 0.3) is 0 Å². The second kappa shape index (κ2) is 6.71. The fraction of sp³-hybridized carbons (Fsp3) is 0.643. The molecular weight excluding hydrogens is 228 g/mol. The first-order valence-corrected chi connectivity index (χ1v) is 6.46. The molecule has 0 bridgehead atoms. The molecule has 0 aromatic carbocycles. The smallest absolute Gasteiger partial charge is 0.137 e. The molecule has 102 valence electrons. The van der Waals surface area contributed by atoms with Gasteiger partial charge in [-0.2, -0.15) is 0 Å². The van der Waals surface area contributed by atoms with E-state index in [9.17, 15) is 5.11 Å². The summed E-state index contributed by atoms with van der Waals surface area (Å²) in [5.41, 5.74) is 0.205. The molecule has 0 radical (unpaired) electrons. The van der Waals surface area contributed by atoms with Crippen molar-refractivity contribution in [1.29, 1.82) is 0 Å². The number of nitrogens with one attached hydrogen (secondary N) is 1. The first-order valence-electron chi connectivity index (χ1n) is 6.46. The molecule has 0 spiro atoms. The van der Waals surface area contributed by atoms with Crippen LogP contribution in [0.1, 0.15) is 39.8 Å². The summed E-state index contributed by atoms with van der Waals surface area (Å²) in [4.78, 5) is 4.31. The molecule has 0 amide bonds. The van der Waals surface area contributed by atoms with E-state index in [0.29, 0.717) is 18.2 Å². The van der Waals surface area contributed by atoms with Crippen LogP contribution >= 0.6 is 0 Å². The summed E-state index contributed by atoms with van der Waals surface area (Å²) in [6, 6.07) is 4.27. The molecule has 0 saturated carbocycles. The zero-order chi connectivity index (χ0) is 13.6. The number of hydrogen-bond donors (Lipinski definition) is 2. The maximum absolute atomic E-state index is 9.83. The quantitative estimate of drug-likeness (QED) is 0.780. The van der Waals surface area contributed by atoms with Crippen LogP contribution in [0.15, 0.2) is 18.3 Å². The Bertz CT molecular complexity index is 347. The van der Waals surface area contributed by atoms with Gasteiger partial charge in [0.25, 0.3) is 0 Å². The highest BCUT2D eigenvalue weighted by Gasteiger charge is 2.18. The Labute approximate surface area is 109 Å². The van der Waals surface area contributed by atoms with Crippen LogP contribution in [0, 0.1) is 0 Å². The fourth-order valence-corrected chi connectivity index (χ4v) is 1.25. The van der Waals surface area contributed by atoms with Crippen LogP contribution in [-0.2, 0) is 6.54 Å². The third-order valence-electron chi connectivity index (χ3n) is 2.80. The molecule has 1 unspecified atom stereocenters. The Morgan fingerprint density at radius 2 is 2.17 bits per heavy atom. The van der Waals surface area contributed by atoms with Crippen molar-refractivity contribution in [2.75, 3.05) is 6.61 Å². The van der Waals surface area contributed by atoms with Gasteiger partial charge in [0.1, 0.15) is 12.4 Å². The van der Waals surface area contributed by atoms with Crippen molar-refractivity contribution in [3.8, 4) is 5.75 Å². The third-order valence-corrected chi connectivity index (χ3v) is 2.80. The number of aliphatic hydroxyl groups is 1. The van der Waals surface area contributed by atoms with Crippen LogP contribution in [0.3, 0.4) is 0 Å². The maximum Gasteiger partial charge on any atom is 0.137 e. The molecule has 0 aliphatic rings. The minimum absolute atomic E-state index is 0.286. The molecule has 1 aromatic rings. The predicted molar refractivity (Wildman–Crippen MR) is 72.6 cm³/mol. The summed E-state index contributed by atoms with van der Waals surface area (Å²) in [7, 11) is 0. The molecule has 4 heteroatoms. The SMILES string of the molecule is CCC(C)(O)COc1ccc(CNC(C)C)nc1. The van der Waals surface area contributed by atoms with Crippen LogP contribution in [-0.4, -0.2) is 28.3 Å². The van der Waals surface area contributed by atoms with E-state index < -0.39 is 5.60 Å². The Balaban J connectivity index is 2.45. The maximum atomic E-state index is 9.83. The van der Waals surface area contributed by atoms with Crippen molar-refractivity contribution in [2.45, 2.75) is 52.3 Å². The van der Waals surface area contributed by atoms with Crippen molar-refractivity contribution >= 4 is 0 Å². The van der Waals surface area contributed by atoms with E-state index in [2.05, 4.69) is 24.1 Å². The van der Waals surface area contributed by atoms with Gasteiger partial charge in [-0.15, -0.1) is 0 Å². The Morgan fingerprint density at radius 1 is 1.44 bits per heavy atom. The normalized spacial score (nSPS) is 14.6. The van der Waals surface area contributed by atoms with Crippen molar-refractivity contribution in [3.05, 3.63) is 24.0 Å². The van der Waals surface area contributed by atoms with Crippen LogP contribution in [0.4, 0.5) is 0 Å². The first-order chi connectivity index (χ1) is 8.43. The summed E-state index contributed by atoms with van der Waals surface area (Å²) in [5.74, 6) is 0.692. The average molecular weight is 252 g/mol. The highest BCUT2D eigenvalue weighted by Crippen LogP contribution is 2.14. The van der Waals surface area contributed by atoms with Gasteiger partial charge < -0.3 is 15.2 Å². The zero-order valence-electron chi connectivity index (χ0n) is 11.7. The molecule has 2 N–H and O–H groups in total.